The zero-order valence-electron chi connectivity index (χ0n) is 11.2. The summed E-state index contributed by atoms with van der Waals surface area (Å²) in [7, 11) is 0. The third-order valence-electron chi connectivity index (χ3n) is 3.84. The van der Waals surface area contributed by atoms with Crippen LogP contribution in [0.5, 0.6) is 0 Å². The van der Waals surface area contributed by atoms with Crippen LogP contribution in [0.15, 0.2) is 24.3 Å². The number of nitrogens with zero attached hydrogens (tertiary/aromatic N) is 1. The fourth-order valence-corrected chi connectivity index (χ4v) is 2.94. The highest BCUT2D eigenvalue weighted by Gasteiger charge is 2.29. The summed E-state index contributed by atoms with van der Waals surface area (Å²) in [5.41, 5.74) is 1.09. The molecule has 1 aliphatic rings. The maximum Gasteiger partial charge on any atom is 0.304 e. The molecule has 2 unspecified atom stereocenters. The van der Waals surface area contributed by atoms with Crippen molar-refractivity contribution in [2.45, 2.75) is 44.7 Å². The summed E-state index contributed by atoms with van der Waals surface area (Å²) >= 11 is 0. The van der Waals surface area contributed by atoms with Gasteiger partial charge in [-0.1, -0.05) is 12.1 Å². The molecule has 4 heteroatoms. The fraction of sp³-hybridized carbons (Fsp3) is 0.533. The number of hydrogen-bond donors (Lipinski definition) is 1. The highest BCUT2D eigenvalue weighted by Crippen LogP contribution is 2.24. The molecule has 104 valence electrons. The lowest BCUT2D eigenvalue weighted by Gasteiger charge is -2.30. The van der Waals surface area contributed by atoms with Crippen LogP contribution in [0.25, 0.3) is 0 Å². The minimum absolute atomic E-state index is 0.146. The van der Waals surface area contributed by atoms with Crippen LogP contribution in [0.3, 0.4) is 0 Å². The average Bonchev–Trinajstić information content (AvgIpc) is 2.79. The van der Waals surface area contributed by atoms with E-state index in [0.717, 1.165) is 31.4 Å². The summed E-state index contributed by atoms with van der Waals surface area (Å²) in [6.45, 7) is 3.07. The van der Waals surface area contributed by atoms with Crippen LogP contribution in [0.1, 0.15) is 31.7 Å². The Bertz CT molecular complexity index is 432. The van der Waals surface area contributed by atoms with Gasteiger partial charge in [0.1, 0.15) is 5.82 Å². The average molecular weight is 265 g/mol. The van der Waals surface area contributed by atoms with Gasteiger partial charge in [0, 0.05) is 12.1 Å². The predicted octanol–water partition coefficient (Wildman–Crippen LogP) is 2.70. The second-order valence-corrected chi connectivity index (χ2v) is 5.31. The number of benzene rings is 1. The predicted molar refractivity (Wildman–Crippen MR) is 71.5 cm³/mol. The Balaban J connectivity index is 1.96. The van der Waals surface area contributed by atoms with Gasteiger partial charge in [-0.15, -0.1) is 0 Å². The van der Waals surface area contributed by atoms with Gasteiger partial charge in [-0.2, -0.15) is 0 Å². The van der Waals surface area contributed by atoms with E-state index in [0.29, 0.717) is 0 Å². The zero-order valence-corrected chi connectivity index (χ0v) is 11.2. The van der Waals surface area contributed by atoms with Crippen LogP contribution in [0, 0.1) is 5.82 Å². The topological polar surface area (TPSA) is 40.5 Å². The molecule has 3 nitrogen and oxygen atoms in total. The summed E-state index contributed by atoms with van der Waals surface area (Å²) < 4.78 is 12.9. The Morgan fingerprint density at radius 2 is 2.16 bits per heavy atom. The molecule has 0 aromatic heterocycles. The first kappa shape index (κ1) is 14.0. The Kier molecular flexibility index (Phi) is 4.53. The van der Waals surface area contributed by atoms with Gasteiger partial charge < -0.3 is 5.11 Å². The van der Waals surface area contributed by atoms with Crippen molar-refractivity contribution in [3.63, 3.8) is 0 Å². The molecule has 2 rings (SSSR count). The third-order valence-corrected chi connectivity index (χ3v) is 3.84. The lowest BCUT2D eigenvalue weighted by molar-refractivity contribution is -0.138. The largest absolute Gasteiger partial charge is 0.481 e. The molecule has 0 aliphatic carbocycles. The van der Waals surface area contributed by atoms with Crippen LogP contribution in [-0.2, 0) is 11.2 Å². The first-order valence-electron chi connectivity index (χ1n) is 6.78. The molecule has 1 N–H and O–H groups in total. The summed E-state index contributed by atoms with van der Waals surface area (Å²) in [4.78, 5) is 13.1. The van der Waals surface area contributed by atoms with E-state index >= 15 is 0 Å². The summed E-state index contributed by atoms with van der Waals surface area (Å²) in [5.74, 6) is -0.952. The van der Waals surface area contributed by atoms with Crippen molar-refractivity contribution < 1.29 is 14.3 Å². The van der Waals surface area contributed by atoms with Crippen LogP contribution >= 0.6 is 0 Å². The molecular weight excluding hydrogens is 245 g/mol. The van der Waals surface area contributed by atoms with E-state index in [1.165, 1.54) is 12.1 Å². The molecular formula is C15H20FNO2. The molecule has 0 spiro atoms. The highest BCUT2D eigenvalue weighted by atomic mass is 19.1. The van der Waals surface area contributed by atoms with E-state index < -0.39 is 5.97 Å². The summed E-state index contributed by atoms with van der Waals surface area (Å²) in [6.07, 6.45) is 3.07. The first-order valence-corrected chi connectivity index (χ1v) is 6.78. The Hall–Kier alpha value is -1.42. The minimum Gasteiger partial charge on any atom is -0.481 e. The van der Waals surface area contributed by atoms with Gasteiger partial charge in [-0.05, 0) is 50.4 Å². The van der Waals surface area contributed by atoms with Crippen molar-refractivity contribution in [1.29, 1.82) is 0 Å². The number of halogens is 1. The van der Waals surface area contributed by atoms with Gasteiger partial charge in [0.15, 0.2) is 0 Å². The molecule has 0 amide bonds. The van der Waals surface area contributed by atoms with E-state index in [2.05, 4.69) is 11.8 Å². The fourth-order valence-electron chi connectivity index (χ4n) is 2.94. The van der Waals surface area contributed by atoms with E-state index in [4.69, 9.17) is 5.11 Å². The van der Waals surface area contributed by atoms with E-state index in [1.807, 2.05) is 0 Å². The lowest BCUT2D eigenvalue weighted by Crippen LogP contribution is -2.39. The zero-order chi connectivity index (χ0) is 13.8. The van der Waals surface area contributed by atoms with Crippen molar-refractivity contribution in [3.8, 4) is 0 Å². The normalized spacial score (nSPS) is 21.5. The van der Waals surface area contributed by atoms with E-state index in [1.54, 1.807) is 12.1 Å². The van der Waals surface area contributed by atoms with Crippen molar-refractivity contribution in [3.05, 3.63) is 35.6 Å². The van der Waals surface area contributed by atoms with Crippen molar-refractivity contribution in [2.24, 2.45) is 0 Å². The molecule has 0 saturated carbocycles. The SMILES string of the molecule is CC(Cc1ccc(F)cc1)N1CCCC1CC(=O)O. The molecule has 19 heavy (non-hydrogen) atoms. The molecule has 1 saturated heterocycles. The van der Waals surface area contributed by atoms with Crippen molar-refractivity contribution in [1.82, 2.24) is 4.90 Å². The van der Waals surface area contributed by atoms with Gasteiger partial charge in [0.25, 0.3) is 0 Å². The molecule has 1 heterocycles. The van der Waals surface area contributed by atoms with Gasteiger partial charge in [0.05, 0.1) is 6.42 Å². The molecule has 1 fully saturated rings. The molecule has 0 radical (unpaired) electrons. The number of aliphatic carboxylic acids is 1. The van der Waals surface area contributed by atoms with Gasteiger partial charge in [-0.3, -0.25) is 9.69 Å². The van der Waals surface area contributed by atoms with Crippen molar-refractivity contribution in [2.75, 3.05) is 6.54 Å². The maximum absolute atomic E-state index is 12.9. The molecule has 1 aromatic carbocycles. The van der Waals surface area contributed by atoms with E-state index in [-0.39, 0.29) is 24.3 Å². The molecule has 1 aliphatic heterocycles. The smallest absolute Gasteiger partial charge is 0.304 e. The molecule has 0 bridgehead atoms. The Labute approximate surface area is 113 Å². The van der Waals surface area contributed by atoms with Crippen LogP contribution in [0.2, 0.25) is 0 Å². The second kappa shape index (κ2) is 6.15. The number of rotatable bonds is 5. The van der Waals surface area contributed by atoms with Crippen LogP contribution in [0.4, 0.5) is 4.39 Å². The van der Waals surface area contributed by atoms with E-state index in [9.17, 15) is 9.18 Å². The second-order valence-electron chi connectivity index (χ2n) is 5.31. The van der Waals surface area contributed by atoms with Crippen molar-refractivity contribution >= 4 is 5.97 Å². The third kappa shape index (κ3) is 3.77. The van der Waals surface area contributed by atoms with Gasteiger partial charge in [-0.25, -0.2) is 4.39 Å². The maximum atomic E-state index is 12.9. The minimum atomic E-state index is -0.731. The number of likely N-dealkylation sites (tertiary alicyclic amines) is 1. The lowest BCUT2D eigenvalue weighted by atomic mass is 10.0. The van der Waals surface area contributed by atoms with Gasteiger partial charge >= 0.3 is 5.97 Å². The number of carboxylic acids is 1. The van der Waals surface area contributed by atoms with Crippen LogP contribution in [-0.4, -0.2) is 34.6 Å². The standard InChI is InChI=1S/C15H20FNO2/c1-11(9-12-4-6-13(16)7-5-12)17-8-2-3-14(17)10-15(18)19/h4-7,11,14H,2-3,8-10H2,1H3,(H,18,19). The molecule has 1 aromatic rings. The Morgan fingerprint density at radius 1 is 1.47 bits per heavy atom. The highest BCUT2D eigenvalue weighted by molar-refractivity contribution is 5.67. The monoisotopic (exact) mass is 265 g/mol. The number of carbonyl (C=O) groups is 1. The number of hydrogen-bond acceptors (Lipinski definition) is 2. The quantitative estimate of drug-likeness (QED) is 0.890. The van der Waals surface area contributed by atoms with Gasteiger partial charge in [0.2, 0.25) is 0 Å². The van der Waals surface area contributed by atoms with Crippen LogP contribution < -0.4 is 0 Å². The Morgan fingerprint density at radius 3 is 2.79 bits per heavy atom. The summed E-state index contributed by atoms with van der Waals surface area (Å²) in [6, 6.07) is 6.98. The first-order chi connectivity index (χ1) is 9.06. The molecule has 2 atom stereocenters. The summed E-state index contributed by atoms with van der Waals surface area (Å²) in [5, 5.41) is 8.93. The number of carboxylic acid groups (broad SMARTS) is 1.